The lowest BCUT2D eigenvalue weighted by Crippen LogP contribution is -2.40. The number of hydrogen-bond acceptors (Lipinski definition) is 4. The molecule has 0 saturated heterocycles. The highest BCUT2D eigenvalue weighted by Gasteiger charge is 2.24. The summed E-state index contributed by atoms with van der Waals surface area (Å²) in [4.78, 5) is 31.0. The van der Waals surface area contributed by atoms with Gasteiger partial charge in [0.25, 0.3) is 5.56 Å². The zero-order valence-corrected chi connectivity index (χ0v) is 16.4. The zero-order valence-electron chi connectivity index (χ0n) is 15.6. The molecule has 142 valence electrons. The first-order valence-electron chi connectivity index (χ1n) is 8.81. The number of aryl methyl sites for hydroxylation is 1. The van der Waals surface area contributed by atoms with E-state index in [0.717, 1.165) is 11.3 Å². The van der Waals surface area contributed by atoms with Crippen molar-refractivity contribution in [3.63, 3.8) is 0 Å². The average Bonchev–Trinajstić information content (AvgIpc) is 3.07. The fourth-order valence-electron chi connectivity index (χ4n) is 2.93. The van der Waals surface area contributed by atoms with E-state index in [1.165, 1.54) is 28.3 Å². The number of aromatic nitrogens is 2. The van der Waals surface area contributed by atoms with Crippen molar-refractivity contribution in [3.05, 3.63) is 63.3 Å². The first-order valence-corrected chi connectivity index (χ1v) is 9.63. The number of hydrogen-bond donors (Lipinski definition) is 1. The van der Waals surface area contributed by atoms with E-state index in [1.54, 1.807) is 18.2 Å². The third kappa shape index (κ3) is 4.08. The van der Waals surface area contributed by atoms with Crippen LogP contribution in [0.25, 0.3) is 10.2 Å². The van der Waals surface area contributed by atoms with Crippen molar-refractivity contribution in [3.8, 4) is 0 Å². The van der Waals surface area contributed by atoms with Crippen LogP contribution < -0.4 is 10.9 Å². The van der Waals surface area contributed by atoms with E-state index in [1.807, 2.05) is 26.8 Å². The molecule has 1 amide bonds. The summed E-state index contributed by atoms with van der Waals surface area (Å²) in [5.74, 6) is -0.611. The molecule has 0 unspecified atom stereocenters. The molecule has 0 fully saturated rings. The van der Waals surface area contributed by atoms with Crippen molar-refractivity contribution in [2.75, 3.05) is 6.54 Å². The van der Waals surface area contributed by atoms with E-state index < -0.39 is 5.41 Å². The second kappa shape index (κ2) is 7.60. The molecule has 2 aromatic heterocycles. The summed E-state index contributed by atoms with van der Waals surface area (Å²) in [6.45, 7) is 5.89. The Morgan fingerprint density at radius 2 is 2.07 bits per heavy atom. The number of carbonyl (C=O) groups excluding carboxylic acids is 1. The summed E-state index contributed by atoms with van der Waals surface area (Å²) in [5.41, 5.74) is -0.257. The van der Waals surface area contributed by atoms with Crippen molar-refractivity contribution in [1.29, 1.82) is 0 Å². The fraction of sp³-hybridized carbons (Fsp3) is 0.350. The lowest BCUT2D eigenvalue weighted by molar-refractivity contribution is -0.121. The van der Waals surface area contributed by atoms with Gasteiger partial charge < -0.3 is 5.32 Å². The highest BCUT2D eigenvalue weighted by atomic mass is 32.1. The minimum Gasteiger partial charge on any atom is -0.354 e. The number of carbonyl (C=O) groups is 1. The van der Waals surface area contributed by atoms with Gasteiger partial charge in [-0.25, -0.2) is 9.37 Å². The molecule has 0 radical (unpaired) electrons. The van der Waals surface area contributed by atoms with Gasteiger partial charge in [-0.3, -0.25) is 14.2 Å². The number of amides is 1. The van der Waals surface area contributed by atoms with Gasteiger partial charge in [0, 0.05) is 16.8 Å². The lowest BCUT2D eigenvalue weighted by Gasteiger charge is -2.26. The zero-order chi connectivity index (χ0) is 19.6. The predicted octanol–water partition coefficient (Wildman–Crippen LogP) is 3.25. The predicted molar refractivity (Wildman–Crippen MR) is 106 cm³/mol. The highest BCUT2D eigenvalue weighted by molar-refractivity contribution is 7.18. The molecule has 3 rings (SSSR count). The largest absolute Gasteiger partial charge is 0.354 e. The molecular weight excluding hydrogens is 365 g/mol. The molecule has 0 bridgehead atoms. The van der Waals surface area contributed by atoms with Crippen molar-refractivity contribution in [2.24, 2.45) is 0 Å². The topological polar surface area (TPSA) is 64.0 Å². The van der Waals surface area contributed by atoms with E-state index in [9.17, 15) is 14.0 Å². The van der Waals surface area contributed by atoms with Crippen molar-refractivity contribution < 1.29 is 9.18 Å². The lowest BCUT2D eigenvalue weighted by atomic mass is 9.84. The number of fused-ring (bicyclic) bond motifs is 1. The number of thiophene rings is 1. The van der Waals surface area contributed by atoms with E-state index in [0.29, 0.717) is 15.8 Å². The summed E-state index contributed by atoms with van der Waals surface area (Å²) >= 11 is 1.49. The second-order valence-electron chi connectivity index (χ2n) is 7.10. The van der Waals surface area contributed by atoms with Crippen LogP contribution in [0, 0.1) is 5.82 Å². The Kier molecular flexibility index (Phi) is 5.41. The third-order valence-corrected chi connectivity index (χ3v) is 5.75. The molecule has 0 atom stereocenters. The smallest absolute Gasteiger partial charge is 0.262 e. The minimum atomic E-state index is -0.572. The molecule has 0 aliphatic rings. The van der Waals surface area contributed by atoms with Crippen LogP contribution in [0.2, 0.25) is 0 Å². The van der Waals surface area contributed by atoms with Crippen LogP contribution in [-0.2, 0) is 23.2 Å². The Morgan fingerprint density at radius 3 is 2.78 bits per heavy atom. The average molecular weight is 387 g/mol. The Morgan fingerprint density at radius 1 is 1.33 bits per heavy atom. The standard InChI is InChI=1S/C20H22FN3O2S/c1-4-13-9-14-18(27-13)23-12-24(19(14)26)10-17(25)22-11-20(2,3)15-7-5-6-8-16(15)21/h5-9,12H,4,10-11H2,1-3H3,(H,22,25). The maximum Gasteiger partial charge on any atom is 0.262 e. The quantitative estimate of drug-likeness (QED) is 0.706. The monoisotopic (exact) mass is 387 g/mol. The van der Waals surface area contributed by atoms with E-state index in [-0.39, 0.29) is 30.4 Å². The van der Waals surface area contributed by atoms with Gasteiger partial charge >= 0.3 is 0 Å². The minimum absolute atomic E-state index is 0.119. The van der Waals surface area contributed by atoms with Crippen LogP contribution >= 0.6 is 11.3 Å². The van der Waals surface area contributed by atoms with Crippen molar-refractivity contribution in [1.82, 2.24) is 14.9 Å². The highest BCUT2D eigenvalue weighted by Crippen LogP contribution is 2.25. The van der Waals surface area contributed by atoms with Crippen LogP contribution in [0.15, 0.2) is 41.5 Å². The van der Waals surface area contributed by atoms with Crippen molar-refractivity contribution >= 4 is 27.5 Å². The van der Waals surface area contributed by atoms with Crippen LogP contribution in [-0.4, -0.2) is 22.0 Å². The van der Waals surface area contributed by atoms with Crippen LogP contribution in [0.1, 0.15) is 31.2 Å². The fourth-order valence-corrected chi connectivity index (χ4v) is 3.86. The number of halogens is 1. The van der Waals surface area contributed by atoms with E-state index >= 15 is 0 Å². The molecule has 2 heterocycles. The SMILES string of the molecule is CCc1cc2c(=O)n(CC(=O)NCC(C)(C)c3ccccc3F)cnc2s1. The first-order chi connectivity index (χ1) is 12.8. The summed E-state index contributed by atoms with van der Waals surface area (Å²) < 4.78 is 15.3. The molecule has 7 heteroatoms. The summed E-state index contributed by atoms with van der Waals surface area (Å²) in [7, 11) is 0. The Labute approximate surface area is 160 Å². The first kappa shape index (κ1) is 19.2. The molecule has 3 aromatic rings. The van der Waals surface area contributed by atoms with Gasteiger partial charge in [-0.1, -0.05) is 39.0 Å². The van der Waals surface area contributed by atoms with Gasteiger partial charge in [0.1, 0.15) is 17.2 Å². The summed E-state index contributed by atoms with van der Waals surface area (Å²) in [6, 6.07) is 8.37. The molecule has 27 heavy (non-hydrogen) atoms. The maximum atomic E-state index is 14.0. The molecule has 0 aliphatic heterocycles. The van der Waals surface area contributed by atoms with Crippen LogP contribution in [0.4, 0.5) is 4.39 Å². The molecular formula is C20H22FN3O2S. The van der Waals surface area contributed by atoms with Gasteiger partial charge in [-0.2, -0.15) is 0 Å². The van der Waals surface area contributed by atoms with E-state index in [2.05, 4.69) is 10.3 Å². The van der Waals surface area contributed by atoms with Crippen LogP contribution in [0.3, 0.4) is 0 Å². The third-order valence-electron chi connectivity index (χ3n) is 4.56. The Hall–Kier alpha value is -2.54. The van der Waals surface area contributed by atoms with Gasteiger partial charge in [-0.05, 0) is 24.1 Å². The second-order valence-corrected chi connectivity index (χ2v) is 8.22. The maximum absolute atomic E-state index is 14.0. The van der Waals surface area contributed by atoms with Crippen molar-refractivity contribution in [2.45, 2.75) is 39.2 Å². The molecule has 1 aromatic carbocycles. The number of nitrogens with zero attached hydrogens (tertiary/aromatic N) is 2. The molecule has 0 aliphatic carbocycles. The Bertz CT molecular complexity index is 1040. The number of rotatable bonds is 6. The molecule has 5 nitrogen and oxygen atoms in total. The number of nitrogens with one attached hydrogen (secondary N) is 1. The van der Waals surface area contributed by atoms with Gasteiger partial charge in [0.05, 0.1) is 11.7 Å². The number of benzene rings is 1. The summed E-state index contributed by atoms with van der Waals surface area (Å²) in [5, 5.41) is 3.34. The summed E-state index contributed by atoms with van der Waals surface area (Å²) in [6.07, 6.45) is 2.24. The van der Waals surface area contributed by atoms with E-state index in [4.69, 9.17) is 0 Å². The normalized spacial score (nSPS) is 11.7. The molecule has 0 saturated carbocycles. The molecule has 0 spiro atoms. The van der Waals surface area contributed by atoms with Gasteiger partial charge in [0.15, 0.2) is 0 Å². The Balaban J connectivity index is 1.71. The van der Waals surface area contributed by atoms with Gasteiger partial charge in [-0.15, -0.1) is 11.3 Å². The van der Waals surface area contributed by atoms with Gasteiger partial charge in [0.2, 0.25) is 5.91 Å². The van der Waals surface area contributed by atoms with Crippen LogP contribution in [0.5, 0.6) is 0 Å². The molecule has 1 N–H and O–H groups in total.